The third kappa shape index (κ3) is 2.94. The number of anilines is 1. The summed E-state index contributed by atoms with van der Waals surface area (Å²) >= 11 is 0.939. The minimum atomic E-state index is -3.59. The van der Waals surface area contributed by atoms with Crippen molar-refractivity contribution in [3.8, 4) is 0 Å². The summed E-state index contributed by atoms with van der Waals surface area (Å²) in [4.78, 5) is 10.5. The fourth-order valence-corrected chi connectivity index (χ4v) is 5.07. The molecular formula is C11H17N3O4S2. The Labute approximate surface area is 121 Å². The van der Waals surface area contributed by atoms with E-state index in [-0.39, 0.29) is 9.90 Å². The Bertz CT molecular complexity index is 591. The van der Waals surface area contributed by atoms with Crippen LogP contribution in [0.25, 0.3) is 0 Å². The molecule has 0 spiro atoms. The lowest BCUT2D eigenvalue weighted by Gasteiger charge is -2.13. The lowest BCUT2D eigenvalue weighted by atomic mass is 10.4. The first-order chi connectivity index (χ1) is 9.46. The Hall–Kier alpha value is -1.19. The van der Waals surface area contributed by atoms with E-state index >= 15 is 0 Å². The average molecular weight is 319 g/mol. The molecular weight excluding hydrogens is 302 g/mol. The predicted octanol–water partition coefficient (Wildman–Crippen LogP) is 2.26. The molecule has 2 rings (SSSR count). The van der Waals surface area contributed by atoms with Crippen molar-refractivity contribution in [3.05, 3.63) is 16.2 Å². The molecule has 1 saturated heterocycles. The van der Waals surface area contributed by atoms with Crippen LogP contribution in [0.5, 0.6) is 0 Å². The van der Waals surface area contributed by atoms with Gasteiger partial charge in [0, 0.05) is 25.7 Å². The van der Waals surface area contributed by atoms with Gasteiger partial charge in [-0.05, 0) is 19.3 Å². The van der Waals surface area contributed by atoms with Gasteiger partial charge in [0.25, 0.3) is 10.0 Å². The van der Waals surface area contributed by atoms with E-state index in [1.54, 1.807) is 0 Å². The van der Waals surface area contributed by atoms with Gasteiger partial charge in [0.2, 0.25) is 0 Å². The van der Waals surface area contributed by atoms with Crippen molar-refractivity contribution in [2.45, 2.75) is 30.4 Å². The normalized spacial score (nSPS) is 16.4. The maximum Gasteiger partial charge on any atom is 0.304 e. The van der Waals surface area contributed by atoms with E-state index < -0.39 is 14.9 Å². The van der Waals surface area contributed by atoms with Crippen molar-refractivity contribution in [1.29, 1.82) is 0 Å². The van der Waals surface area contributed by atoms with Crippen LogP contribution in [0.2, 0.25) is 0 Å². The first-order valence-electron chi connectivity index (χ1n) is 6.49. The van der Waals surface area contributed by atoms with Crippen LogP contribution in [0, 0.1) is 10.1 Å². The largest absolute Gasteiger partial charge is 0.371 e. The zero-order valence-electron chi connectivity index (χ0n) is 11.2. The molecule has 2 heterocycles. The van der Waals surface area contributed by atoms with E-state index in [0.29, 0.717) is 24.6 Å². The Kier molecular flexibility index (Phi) is 4.61. The van der Waals surface area contributed by atoms with Gasteiger partial charge in [0.15, 0.2) is 5.00 Å². The van der Waals surface area contributed by atoms with Crippen LogP contribution in [0.15, 0.2) is 10.3 Å². The summed E-state index contributed by atoms with van der Waals surface area (Å²) in [6.45, 7) is 3.50. The summed E-state index contributed by atoms with van der Waals surface area (Å²) in [6, 6.07) is 1.16. The van der Waals surface area contributed by atoms with Crippen LogP contribution in [0.1, 0.15) is 26.2 Å². The van der Waals surface area contributed by atoms with E-state index in [1.165, 1.54) is 4.31 Å². The maximum atomic E-state index is 12.4. The van der Waals surface area contributed by atoms with Gasteiger partial charge in [-0.1, -0.05) is 18.3 Å². The second kappa shape index (κ2) is 6.06. The lowest BCUT2D eigenvalue weighted by Crippen LogP contribution is -2.27. The fraction of sp³-hybridized carbons (Fsp3) is 0.636. The third-order valence-corrected chi connectivity index (χ3v) is 6.51. The summed E-state index contributed by atoms with van der Waals surface area (Å²) in [6.07, 6.45) is 2.49. The van der Waals surface area contributed by atoms with Crippen molar-refractivity contribution in [2.24, 2.45) is 0 Å². The number of sulfonamides is 1. The molecule has 7 nitrogen and oxygen atoms in total. The summed E-state index contributed by atoms with van der Waals surface area (Å²) in [5, 5.41) is 14.2. The number of nitrogens with one attached hydrogen (secondary N) is 1. The molecule has 0 aliphatic carbocycles. The second-order valence-corrected chi connectivity index (χ2v) is 7.79. The number of hydrogen-bond donors (Lipinski definition) is 1. The van der Waals surface area contributed by atoms with Crippen molar-refractivity contribution >= 4 is 32.0 Å². The maximum absolute atomic E-state index is 12.4. The molecule has 0 unspecified atom stereocenters. The van der Waals surface area contributed by atoms with Gasteiger partial charge in [0.1, 0.15) is 4.21 Å². The molecule has 112 valence electrons. The van der Waals surface area contributed by atoms with E-state index in [1.807, 2.05) is 6.92 Å². The van der Waals surface area contributed by atoms with Gasteiger partial charge < -0.3 is 5.32 Å². The van der Waals surface area contributed by atoms with Gasteiger partial charge in [0.05, 0.1) is 4.92 Å². The highest BCUT2D eigenvalue weighted by atomic mass is 32.2. The van der Waals surface area contributed by atoms with E-state index in [0.717, 1.165) is 36.7 Å². The van der Waals surface area contributed by atoms with Crippen molar-refractivity contribution in [3.63, 3.8) is 0 Å². The summed E-state index contributed by atoms with van der Waals surface area (Å²) in [7, 11) is -3.59. The summed E-state index contributed by atoms with van der Waals surface area (Å²) in [5.74, 6) is 0. The monoisotopic (exact) mass is 319 g/mol. The molecule has 20 heavy (non-hydrogen) atoms. The summed E-state index contributed by atoms with van der Waals surface area (Å²) < 4.78 is 26.2. The fourth-order valence-electron chi connectivity index (χ4n) is 2.04. The van der Waals surface area contributed by atoms with Crippen molar-refractivity contribution < 1.29 is 13.3 Å². The van der Waals surface area contributed by atoms with Crippen LogP contribution in [0.3, 0.4) is 0 Å². The number of hydrogen-bond acceptors (Lipinski definition) is 6. The van der Waals surface area contributed by atoms with Crippen LogP contribution in [0.4, 0.5) is 10.7 Å². The molecule has 1 aliphatic rings. The van der Waals surface area contributed by atoms with E-state index in [9.17, 15) is 18.5 Å². The smallest absolute Gasteiger partial charge is 0.304 e. The lowest BCUT2D eigenvalue weighted by molar-refractivity contribution is -0.383. The third-order valence-electron chi connectivity index (χ3n) is 3.08. The Morgan fingerprint density at radius 2 is 2.10 bits per heavy atom. The Balaban J connectivity index is 2.34. The molecule has 0 atom stereocenters. The summed E-state index contributed by atoms with van der Waals surface area (Å²) in [5.41, 5.74) is -0.166. The highest BCUT2D eigenvalue weighted by Gasteiger charge is 2.32. The van der Waals surface area contributed by atoms with Crippen molar-refractivity contribution in [2.75, 3.05) is 25.0 Å². The molecule has 0 saturated carbocycles. The molecule has 1 aromatic heterocycles. The van der Waals surface area contributed by atoms with Crippen molar-refractivity contribution in [1.82, 2.24) is 4.31 Å². The van der Waals surface area contributed by atoms with Gasteiger partial charge >= 0.3 is 5.69 Å². The van der Waals surface area contributed by atoms with Crippen LogP contribution in [-0.4, -0.2) is 37.3 Å². The highest BCUT2D eigenvalue weighted by Crippen LogP contribution is 2.38. The zero-order chi connectivity index (χ0) is 14.8. The number of rotatable bonds is 6. The molecule has 0 amide bonds. The van der Waals surface area contributed by atoms with E-state index in [2.05, 4.69) is 5.32 Å². The van der Waals surface area contributed by atoms with Crippen LogP contribution < -0.4 is 5.32 Å². The molecule has 1 fully saturated rings. The zero-order valence-corrected chi connectivity index (χ0v) is 12.8. The molecule has 1 N–H and O–H groups in total. The first-order valence-corrected chi connectivity index (χ1v) is 8.74. The molecule has 1 aliphatic heterocycles. The van der Waals surface area contributed by atoms with E-state index in [4.69, 9.17) is 0 Å². The standard InChI is InChI=1S/C11H17N3O4S2/c1-2-5-12-11-9(14(15)16)8-10(19-11)20(17,18)13-6-3-4-7-13/h8,12H,2-7H2,1H3. The predicted molar refractivity (Wildman–Crippen MR) is 77.7 cm³/mol. The Morgan fingerprint density at radius 3 is 2.65 bits per heavy atom. The number of thiophene rings is 1. The average Bonchev–Trinajstić information content (AvgIpc) is 3.05. The quantitative estimate of drug-likeness (QED) is 0.641. The molecule has 1 aromatic rings. The Morgan fingerprint density at radius 1 is 1.45 bits per heavy atom. The van der Waals surface area contributed by atoms with Gasteiger partial charge in [-0.3, -0.25) is 10.1 Å². The topological polar surface area (TPSA) is 92.6 Å². The van der Waals surface area contributed by atoms with Crippen LogP contribution in [-0.2, 0) is 10.0 Å². The van der Waals surface area contributed by atoms with Gasteiger partial charge in [-0.15, -0.1) is 0 Å². The number of nitrogens with zero attached hydrogens (tertiary/aromatic N) is 2. The molecule has 0 aromatic carbocycles. The van der Waals surface area contributed by atoms with Gasteiger partial charge in [-0.2, -0.15) is 4.31 Å². The van der Waals surface area contributed by atoms with Crippen LogP contribution >= 0.6 is 11.3 Å². The SMILES string of the molecule is CCCNc1sc(S(=O)(=O)N2CCCC2)cc1[N+](=O)[O-]. The minimum absolute atomic E-state index is 0.0460. The highest BCUT2D eigenvalue weighted by molar-refractivity contribution is 7.91. The minimum Gasteiger partial charge on any atom is -0.371 e. The molecule has 0 bridgehead atoms. The molecule has 0 radical (unpaired) electrons. The number of nitro groups is 1. The second-order valence-electron chi connectivity index (χ2n) is 4.57. The molecule has 9 heteroatoms. The van der Waals surface area contributed by atoms with Gasteiger partial charge in [-0.25, -0.2) is 8.42 Å². The first kappa shape index (κ1) is 15.2.